The second kappa shape index (κ2) is 9.62. The molecule has 7 nitrogen and oxygen atoms in total. The standard InChI is InChI=1S/C23H29N3O4S/c1-16(2)22(25-31(29,30)19-12-10-17(3)11-13-19)23(28)24-15-21(27)26-14-6-8-18-7-4-5-9-20(18)26/h4-5,7,9-13,16,22,25H,6,8,14-15H2,1-3H3,(H,24,28)/t22-/m0/s1. The number of sulfonamides is 1. The topological polar surface area (TPSA) is 95.6 Å². The Hall–Kier alpha value is -2.71. The Morgan fingerprint density at radius 3 is 2.42 bits per heavy atom. The van der Waals surface area contributed by atoms with E-state index in [1.54, 1.807) is 30.9 Å². The summed E-state index contributed by atoms with van der Waals surface area (Å²) in [7, 11) is -3.87. The molecule has 1 atom stereocenters. The summed E-state index contributed by atoms with van der Waals surface area (Å²) < 4.78 is 27.9. The van der Waals surface area contributed by atoms with E-state index in [1.807, 2.05) is 31.2 Å². The number of aryl methyl sites for hydroxylation is 2. The van der Waals surface area contributed by atoms with Crippen molar-refractivity contribution >= 4 is 27.5 Å². The molecule has 2 aromatic carbocycles. The lowest BCUT2D eigenvalue weighted by Crippen LogP contribution is -2.52. The first-order chi connectivity index (χ1) is 14.7. The van der Waals surface area contributed by atoms with Crippen molar-refractivity contribution in [3.63, 3.8) is 0 Å². The third kappa shape index (κ3) is 5.51. The molecule has 0 unspecified atom stereocenters. The number of hydrogen-bond donors (Lipinski definition) is 2. The highest BCUT2D eigenvalue weighted by molar-refractivity contribution is 7.89. The second-order valence-corrected chi connectivity index (χ2v) is 9.87. The smallest absolute Gasteiger partial charge is 0.246 e. The molecule has 2 N–H and O–H groups in total. The fourth-order valence-corrected chi connectivity index (χ4v) is 4.95. The highest BCUT2D eigenvalue weighted by atomic mass is 32.2. The van der Waals surface area contributed by atoms with Gasteiger partial charge in [-0.1, -0.05) is 49.7 Å². The molecule has 31 heavy (non-hydrogen) atoms. The zero-order chi connectivity index (χ0) is 22.6. The molecular weight excluding hydrogens is 414 g/mol. The van der Waals surface area contributed by atoms with Crippen molar-refractivity contribution in [2.24, 2.45) is 5.92 Å². The zero-order valence-corrected chi connectivity index (χ0v) is 18.9. The maximum Gasteiger partial charge on any atom is 0.246 e. The van der Waals surface area contributed by atoms with Crippen LogP contribution in [-0.4, -0.2) is 39.4 Å². The van der Waals surface area contributed by atoms with Gasteiger partial charge in [-0.3, -0.25) is 9.59 Å². The van der Waals surface area contributed by atoms with E-state index in [0.717, 1.165) is 29.7 Å². The molecule has 0 fully saturated rings. The van der Waals surface area contributed by atoms with E-state index in [4.69, 9.17) is 0 Å². The van der Waals surface area contributed by atoms with Crippen LogP contribution in [0.1, 0.15) is 31.4 Å². The predicted octanol–water partition coefficient (Wildman–Crippen LogP) is 2.39. The van der Waals surface area contributed by atoms with Gasteiger partial charge >= 0.3 is 0 Å². The van der Waals surface area contributed by atoms with Crippen molar-refractivity contribution in [2.45, 2.75) is 44.6 Å². The van der Waals surface area contributed by atoms with Crippen molar-refractivity contribution in [3.8, 4) is 0 Å². The Balaban J connectivity index is 1.66. The van der Waals surface area contributed by atoms with Gasteiger partial charge in [-0.2, -0.15) is 4.72 Å². The van der Waals surface area contributed by atoms with Gasteiger partial charge in [0.25, 0.3) is 0 Å². The number of carbonyl (C=O) groups excluding carboxylic acids is 2. The van der Waals surface area contributed by atoms with Gasteiger partial charge < -0.3 is 10.2 Å². The van der Waals surface area contributed by atoms with Gasteiger partial charge in [0.05, 0.1) is 11.4 Å². The maximum absolute atomic E-state index is 12.8. The first-order valence-corrected chi connectivity index (χ1v) is 11.9. The number of carbonyl (C=O) groups is 2. The van der Waals surface area contributed by atoms with Crippen LogP contribution in [0.25, 0.3) is 0 Å². The van der Waals surface area contributed by atoms with Gasteiger partial charge in [-0.05, 0) is 49.4 Å². The molecule has 2 amide bonds. The molecule has 3 rings (SSSR count). The van der Waals surface area contributed by atoms with E-state index in [1.165, 1.54) is 12.1 Å². The fraction of sp³-hybridized carbons (Fsp3) is 0.391. The van der Waals surface area contributed by atoms with Crippen molar-refractivity contribution in [3.05, 3.63) is 59.7 Å². The summed E-state index contributed by atoms with van der Waals surface area (Å²) in [5.41, 5.74) is 2.92. The highest BCUT2D eigenvalue weighted by Crippen LogP contribution is 2.26. The Kier molecular flexibility index (Phi) is 7.12. The van der Waals surface area contributed by atoms with Crippen LogP contribution in [-0.2, 0) is 26.0 Å². The molecule has 0 spiro atoms. The minimum Gasteiger partial charge on any atom is -0.346 e. The molecule has 1 aliphatic heterocycles. The van der Waals surface area contributed by atoms with Crippen LogP contribution in [0, 0.1) is 12.8 Å². The summed E-state index contributed by atoms with van der Waals surface area (Å²) in [4.78, 5) is 27.3. The van der Waals surface area contributed by atoms with Crippen LogP contribution in [0.3, 0.4) is 0 Å². The normalized spacial score (nSPS) is 14.8. The average molecular weight is 444 g/mol. The van der Waals surface area contributed by atoms with Crippen molar-refractivity contribution < 1.29 is 18.0 Å². The molecule has 0 aliphatic carbocycles. The van der Waals surface area contributed by atoms with Gasteiger partial charge in [0, 0.05) is 12.2 Å². The third-order valence-corrected chi connectivity index (χ3v) is 6.84. The zero-order valence-electron chi connectivity index (χ0n) is 18.1. The number of benzene rings is 2. The van der Waals surface area contributed by atoms with E-state index in [2.05, 4.69) is 10.0 Å². The molecule has 0 bridgehead atoms. The van der Waals surface area contributed by atoms with E-state index in [0.29, 0.717) is 6.54 Å². The number of rotatable bonds is 7. The third-order valence-electron chi connectivity index (χ3n) is 5.39. The number of amides is 2. The number of hydrogen-bond acceptors (Lipinski definition) is 4. The molecule has 1 heterocycles. The molecule has 166 valence electrons. The monoisotopic (exact) mass is 443 g/mol. The van der Waals surface area contributed by atoms with Gasteiger partial charge in [-0.25, -0.2) is 8.42 Å². The van der Waals surface area contributed by atoms with Gasteiger partial charge in [0.1, 0.15) is 6.04 Å². The van der Waals surface area contributed by atoms with E-state index in [9.17, 15) is 18.0 Å². The molecule has 0 radical (unpaired) electrons. The summed E-state index contributed by atoms with van der Waals surface area (Å²) in [5.74, 6) is -1.04. The summed E-state index contributed by atoms with van der Waals surface area (Å²) in [5, 5.41) is 2.62. The molecule has 0 saturated carbocycles. The molecule has 0 saturated heterocycles. The Morgan fingerprint density at radius 2 is 1.74 bits per heavy atom. The summed E-state index contributed by atoms with van der Waals surface area (Å²) in [6, 6.07) is 13.2. The van der Waals surface area contributed by atoms with Crippen LogP contribution in [0.4, 0.5) is 5.69 Å². The number of nitrogens with zero attached hydrogens (tertiary/aromatic N) is 1. The number of anilines is 1. The SMILES string of the molecule is Cc1ccc(S(=O)(=O)N[C@H](C(=O)NCC(=O)N2CCCc3ccccc32)C(C)C)cc1. The predicted molar refractivity (Wildman–Crippen MR) is 120 cm³/mol. The van der Waals surface area contributed by atoms with Crippen LogP contribution >= 0.6 is 0 Å². The van der Waals surface area contributed by atoms with Crippen LogP contribution in [0.5, 0.6) is 0 Å². The number of para-hydroxylation sites is 1. The van der Waals surface area contributed by atoms with Gasteiger partial charge in [0.15, 0.2) is 0 Å². The summed E-state index contributed by atoms with van der Waals surface area (Å²) >= 11 is 0. The van der Waals surface area contributed by atoms with Crippen LogP contribution < -0.4 is 14.9 Å². The van der Waals surface area contributed by atoms with Gasteiger partial charge in [0.2, 0.25) is 21.8 Å². The van der Waals surface area contributed by atoms with Crippen LogP contribution in [0.2, 0.25) is 0 Å². The Labute approximate surface area is 183 Å². The molecule has 8 heteroatoms. The quantitative estimate of drug-likeness (QED) is 0.687. The Morgan fingerprint density at radius 1 is 1.06 bits per heavy atom. The molecule has 0 aromatic heterocycles. The largest absolute Gasteiger partial charge is 0.346 e. The first kappa shape index (κ1) is 23.0. The maximum atomic E-state index is 12.8. The highest BCUT2D eigenvalue weighted by Gasteiger charge is 2.29. The number of fused-ring (bicyclic) bond motifs is 1. The summed E-state index contributed by atoms with van der Waals surface area (Å²) in [6.07, 6.45) is 1.78. The molecule has 2 aromatic rings. The summed E-state index contributed by atoms with van der Waals surface area (Å²) in [6.45, 7) is 5.78. The minimum absolute atomic E-state index is 0.0950. The van der Waals surface area contributed by atoms with Crippen molar-refractivity contribution in [1.82, 2.24) is 10.0 Å². The molecule has 1 aliphatic rings. The lowest BCUT2D eigenvalue weighted by Gasteiger charge is -2.30. The van der Waals surface area contributed by atoms with Gasteiger partial charge in [-0.15, -0.1) is 0 Å². The molecular formula is C23H29N3O4S. The van der Waals surface area contributed by atoms with Crippen molar-refractivity contribution in [1.29, 1.82) is 0 Å². The average Bonchev–Trinajstić information content (AvgIpc) is 2.75. The van der Waals surface area contributed by atoms with E-state index >= 15 is 0 Å². The Bertz CT molecular complexity index is 1050. The lowest BCUT2D eigenvalue weighted by atomic mass is 10.0. The van der Waals surface area contributed by atoms with Crippen molar-refractivity contribution in [2.75, 3.05) is 18.0 Å². The lowest BCUT2D eigenvalue weighted by molar-refractivity contribution is -0.126. The van der Waals surface area contributed by atoms with E-state index < -0.39 is 22.0 Å². The van der Waals surface area contributed by atoms with Crippen LogP contribution in [0.15, 0.2) is 53.4 Å². The second-order valence-electron chi connectivity index (χ2n) is 8.15. The number of nitrogens with one attached hydrogen (secondary N) is 2. The fourth-order valence-electron chi connectivity index (χ4n) is 3.61. The first-order valence-electron chi connectivity index (χ1n) is 10.4. The minimum atomic E-state index is -3.87. The van der Waals surface area contributed by atoms with E-state index in [-0.39, 0.29) is 23.3 Å².